The van der Waals surface area contributed by atoms with Gasteiger partial charge in [-0.1, -0.05) is 97.1 Å². The molecule has 0 radical (unpaired) electrons. The molecule has 47 heavy (non-hydrogen) atoms. The Bertz CT molecular complexity index is 2100. The van der Waals surface area contributed by atoms with E-state index in [0.717, 1.165) is 69.4 Å². The van der Waals surface area contributed by atoms with E-state index in [1.54, 1.807) is 0 Å². The van der Waals surface area contributed by atoms with Gasteiger partial charge >= 0.3 is 0 Å². The number of nitrogens with zero attached hydrogens (tertiary/aromatic N) is 4. The minimum absolute atomic E-state index is 0.167. The molecule has 1 aliphatic carbocycles. The molecule has 1 atom stereocenters. The zero-order chi connectivity index (χ0) is 31.6. The zero-order valence-electron chi connectivity index (χ0n) is 25.9. The first-order chi connectivity index (χ1) is 23.3. The summed E-state index contributed by atoms with van der Waals surface area (Å²) in [4.78, 5) is 4.31. The average Bonchev–Trinajstić information content (AvgIpc) is 3.52. The van der Waals surface area contributed by atoms with Crippen LogP contribution in [0.2, 0.25) is 0 Å². The monoisotopic (exact) mass is 607 g/mol. The molecule has 5 nitrogen and oxygen atoms in total. The molecular formula is C42H33N5. The molecule has 5 heteroatoms. The van der Waals surface area contributed by atoms with Crippen LogP contribution in [0.5, 0.6) is 0 Å². The highest BCUT2D eigenvalue weighted by Gasteiger charge is 2.41. The number of anilines is 1. The number of aromatic nitrogens is 3. The molecule has 1 N–H and O–H groups in total. The third-order valence-electron chi connectivity index (χ3n) is 9.45. The number of benzene rings is 5. The van der Waals surface area contributed by atoms with Crippen LogP contribution in [0, 0.1) is 11.3 Å². The van der Waals surface area contributed by atoms with Gasteiger partial charge in [0.25, 0.3) is 0 Å². The summed E-state index contributed by atoms with van der Waals surface area (Å²) in [5.74, 6) is 0. The van der Waals surface area contributed by atoms with Crippen LogP contribution in [-0.4, -0.2) is 14.8 Å². The van der Waals surface area contributed by atoms with E-state index in [1.165, 1.54) is 11.1 Å². The van der Waals surface area contributed by atoms with Crippen LogP contribution in [0.15, 0.2) is 152 Å². The van der Waals surface area contributed by atoms with E-state index in [9.17, 15) is 5.26 Å². The van der Waals surface area contributed by atoms with Crippen LogP contribution in [0.4, 0.5) is 5.69 Å². The van der Waals surface area contributed by atoms with Gasteiger partial charge in [0, 0.05) is 29.0 Å². The van der Waals surface area contributed by atoms with Gasteiger partial charge in [-0.25, -0.2) is 4.68 Å². The lowest BCUT2D eigenvalue weighted by atomic mass is 9.77. The molecule has 2 heterocycles. The van der Waals surface area contributed by atoms with Gasteiger partial charge in [-0.15, -0.1) is 0 Å². The van der Waals surface area contributed by atoms with Crippen LogP contribution >= 0.6 is 0 Å². The molecule has 0 bridgehead atoms. The van der Waals surface area contributed by atoms with Crippen molar-refractivity contribution in [2.45, 2.75) is 30.8 Å². The smallest absolute Gasteiger partial charge is 0.138 e. The van der Waals surface area contributed by atoms with Gasteiger partial charge in [-0.2, -0.15) is 10.4 Å². The van der Waals surface area contributed by atoms with E-state index in [-0.39, 0.29) is 6.04 Å². The number of nitriles is 1. The molecule has 8 rings (SSSR count). The van der Waals surface area contributed by atoms with Crippen LogP contribution < -0.4 is 5.32 Å². The van der Waals surface area contributed by atoms with Crippen molar-refractivity contribution in [1.29, 1.82) is 5.26 Å². The van der Waals surface area contributed by atoms with E-state index in [2.05, 4.69) is 136 Å². The molecule has 1 aliphatic rings. The van der Waals surface area contributed by atoms with Gasteiger partial charge in [-0.3, -0.25) is 4.98 Å². The Labute approximate surface area is 274 Å². The number of rotatable bonds is 7. The Morgan fingerprint density at radius 2 is 1.36 bits per heavy atom. The SMILES string of the molecule is N#Cc1ccc2c(c1)CCC[C@H]2Nc1ccc2c(c1)c(-c1ccncc1)nn2C(c1ccccc1)(c1ccccc1)c1ccccc1. The van der Waals surface area contributed by atoms with Crippen molar-refractivity contribution in [2.24, 2.45) is 0 Å². The predicted octanol–water partition coefficient (Wildman–Crippen LogP) is 9.30. The predicted molar refractivity (Wildman–Crippen MR) is 188 cm³/mol. The second-order valence-corrected chi connectivity index (χ2v) is 12.2. The summed E-state index contributed by atoms with van der Waals surface area (Å²) in [5.41, 5.74) is 9.87. The lowest BCUT2D eigenvalue weighted by molar-refractivity contribution is 0.477. The molecule has 5 aromatic carbocycles. The first-order valence-electron chi connectivity index (χ1n) is 16.2. The summed E-state index contributed by atoms with van der Waals surface area (Å²) in [6.07, 6.45) is 6.77. The van der Waals surface area contributed by atoms with Crippen molar-refractivity contribution in [3.8, 4) is 17.3 Å². The molecule has 0 amide bonds. The third-order valence-corrected chi connectivity index (χ3v) is 9.45. The highest BCUT2D eigenvalue weighted by atomic mass is 15.3. The van der Waals surface area contributed by atoms with Crippen LogP contribution in [-0.2, 0) is 12.0 Å². The summed E-state index contributed by atoms with van der Waals surface area (Å²) in [6, 6.07) is 51.3. The minimum atomic E-state index is -0.747. The first-order valence-corrected chi connectivity index (χ1v) is 16.2. The average molecular weight is 608 g/mol. The quantitative estimate of drug-likeness (QED) is 0.183. The highest BCUT2D eigenvalue weighted by Crippen LogP contribution is 2.44. The van der Waals surface area contributed by atoms with E-state index >= 15 is 0 Å². The highest BCUT2D eigenvalue weighted by molar-refractivity contribution is 5.96. The Kier molecular flexibility index (Phi) is 7.32. The topological polar surface area (TPSA) is 66.5 Å². The van der Waals surface area contributed by atoms with Gasteiger partial charge < -0.3 is 5.32 Å². The fourth-order valence-corrected chi connectivity index (χ4v) is 7.33. The number of nitrogens with one attached hydrogen (secondary N) is 1. The van der Waals surface area contributed by atoms with Crippen molar-refractivity contribution in [1.82, 2.24) is 14.8 Å². The Morgan fingerprint density at radius 1 is 0.723 bits per heavy atom. The number of fused-ring (bicyclic) bond motifs is 2. The Balaban J connectivity index is 1.36. The first kappa shape index (κ1) is 28.5. The van der Waals surface area contributed by atoms with Gasteiger partial charge in [0.2, 0.25) is 0 Å². The van der Waals surface area contributed by atoms with Gasteiger partial charge in [-0.05, 0) is 89.5 Å². The van der Waals surface area contributed by atoms with Crippen molar-refractivity contribution >= 4 is 16.6 Å². The lowest BCUT2D eigenvalue weighted by Crippen LogP contribution is -2.38. The van der Waals surface area contributed by atoms with Gasteiger partial charge in [0.15, 0.2) is 0 Å². The van der Waals surface area contributed by atoms with Crippen LogP contribution in [0.25, 0.3) is 22.2 Å². The van der Waals surface area contributed by atoms with Gasteiger partial charge in [0.05, 0.1) is 23.2 Å². The Morgan fingerprint density at radius 3 is 1.98 bits per heavy atom. The molecule has 226 valence electrons. The van der Waals surface area contributed by atoms with Crippen molar-refractivity contribution < 1.29 is 0 Å². The van der Waals surface area contributed by atoms with E-state index in [1.807, 2.05) is 36.7 Å². The number of hydrogen-bond acceptors (Lipinski definition) is 4. The maximum absolute atomic E-state index is 9.46. The van der Waals surface area contributed by atoms with Crippen molar-refractivity contribution in [3.05, 3.63) is 185 Å². The molecule has 0 unspecified atom stereocenters. The molecular weight excluding hydrogens is 574 g/mol. The van der Waals surface area contributed by atoms with Crippen LogP contribution in [0.3, 0.4) is 0 Å². The Hall–Kier alpha value is -5.99. The summed E-state index contributed by atoms with van der Waals surface area (Å²) in [6.45, 7) is 0. The third kappa shape index (κ3) is 4.95. The molecule has 7 aromatic rings. The largest absolute Gasteiger partial charge is 0.378 e. The maximum atomic E-state index is 9.46. The minimum Gasteiger partial charge on any atom is -0.378 e. The second kappa shape index (κ2) is 12.1. The number of hydrogen-bond donors (Lipinski definition) is 1. The fraction of sp³-hybridized carbons (Fsp3) is 0.119. The molecule has 0 fully saturated rings. The molecule has 0 saturated carbocycles. The maximum Gasteiger partial charge on any atom is 0.138 e. The fourth-order valence-electron chi connectivity index (χ4n) is 7.33. The second-order valence-electron chi connectivity index (χ2n) is 12.2. The molecule has 0 saturated heterocycles. The number of aryl methyl sites for hydroxylation is 1. The lowest BCUT2D eigenvalue weighted by Gasteiger charge is -2.37. The standard InChI is InChI=1S/C42H33N5/c43-29-30-19-21-37-32(27-30)11-10-18-39(37)45-36-20-22-40-38(28-36)41(31-23-25-44-26-24-31)46-47(40)42(33-12-4-1-5-13-33,34-14-6-2-7-15-34)35-16-8-3-9-17-35/h1-9,12-17,19-28,39,45H,10-11,18H2/t39-/m1/s1. The number of pyridine rings is 1. The normalized spacial score (nSPS) is 14.3. The van der Waals surface area contributed by atoms with E-state index in [0.29, 0.717) is 0 Å². The van der Waals surface area contributed by atoms with Gasteiger partial charge in [0.1, 0.15) is 11.2 Å². The van der Waals surface area contributed by atoms with Crippen molar-refractivity contribution in [3.63, 3.8) is 0 Å². The molecule has 0 spiro atoms. The van der Waals surface area contributed by atoms with Crippen molar-refractivity contribution in [2.75, 3.05) is 5.32 Å². The molecule has 0 aliphatic heterocycles. The summed E-state index contributed by atoms with van der Waals surface area (Å²) < 4.78 is 2.22. The summed E-state index contributed by atoms with van der Waals surface area (Å²) >= 11 is 0. The zero-order valence-corrected chi connectivity index (χ0v) is 25.9. The van der Waals surface area contributed by atoms with E-state index in [4.69, 9.17) is 5.10 Å². The summed E-state index contributed by atoms with van der Waals surface area (Å²) in [5, 5.41) is 19.9. The molecule has 2 aromatic heterocycles. The summed E-state index contributed by atoms with van der Waals surface area (Å²) in [7, 11) is 0. The van der Waals surface area contributed by atoms with Crippen LogP contribution in [0.1, 0.15) is 52.3 Å². The van der Waals surface area contributed by atoms with E-state index < -0.39 is 5.54 Å².